The summed E-state index contributed by atoms with van der Waals surface area (Å²) in [7, 11) is -3.36. The highest BCUT2D eigenvalue weighted by Crippen LogP contribution is 2.35. The number of hydrogen-bond donors (Lipinski definition) is 2. The van der Waals surface area contributed by atoms with Gasteiger partial charge < -0.3 is 10.1 Å². The Bertz CT molecular complexity index is 653. The Labute approximate surface area is 124 Å². The van der Waals surface area contributed by atoms with E-state index in [-0.39, 0.29) is 11.7 Å². The summed E-state index contributed by atoms with van der Waals surface area (Å²) in [5.74, 6) is 0.311. The Morgan fingerprint density at radius 1 is 1.33 bits per heavy atom. The van der Waals surface area contributed by atoms with Gasteiger partial charge in [0.1, 0.15) is 5.75 Å². The van der Waals surface area contributed by atoms with E-state index in [4.69, 9.17) is 4.74 Å². The molecule has 0 spiro atoms. The number of hydrogen-bond acceptors (Lipinski definition) is 4. The predicted octanol–water partition coefficient (Wildman–Crippen LogP) is 2.34. The van der Waals surface area contributed by atoms with Gasteiger partial charge in [-0.2, -0.15) is 0 Å². The highest BCUT2D eigenvalue weighted by atomic mass is 32.2. The molecule has 1 aliphatic rings. The normalized spacial score (nSPS) is 16.6. The largest absolute Gasteiger partial charge is 0.476 e. The number of amides is 1. The van der Waals surface area contributed by atoms with Crippen LogP contribution in [0.2, 0.25) is 0 Å². The first-order valence-corrected chi connectivity index (χ1v) is 8.54. The lowest BCUT2D eigenvalue weighted by atomic mass is 10.1. The van der Waals surface area contributed by atoms with Crippen molar-refractivity contribution in [1.29, 1.82) is 0 Å². The maximum absolute atomic E-state index is 11.9. The van der Waals surface area contributed by atoms with Crippen LogP contribution in [-0.4, -0.2) is 25.7 Å². The standard InChI is InChI=1S/C14H20N2O4S/c1-4-5-8-21(18,19)16-10-6-7-11-12(9-10)20-14(2,3)13(17)15-11/h6-7,9,16H,4-5,8H2,1-3H3,(H,15,17). The van der Waals surface area contributed by atoms with Gasteiger partial charge in [-0.05, 0) is 32.4 Å². The number of carbonyl (C=O) groups is 1. The second kappa shape index (κ2) is 5.55. The van der Waals surface area contributed by atoms with E-state index >= 15 is 0 Å². The van der Waals surface area contributed by atoms with Gasteiger partial charge in [-0.3, -0.25) is 9.52 Å². The van der Waals surface area contributed by atoms with Gasteiger partial charge in [0.25, 0.3) is 5.91 Å². The van der Waals surface area contributed by atoms with Crippen molar-refractivity contribution in [3.05, 3.63) is 18.2 Å². The molecule has 116 valence electrons. The molecule has 0 bridgehead atoms. The summed E-state index contributed by atoms with van der Waals surface area (Å²) in [6, 6.07) is 4.81. The molecule has 21 heavy (non-hydrogen) atoms. The quantitative estimate of drug-likeness (QED) is 0.874. The van der Waals surface area contributed by atoms with Gasteiger partial charge in [-0.1, -0.05) is 13.3 Å². The molecular weight excluding hydrogens is 292 g/mol. The minimum atomic E-state index is -3.36. The lowest BCUT2D eigenvalue weighted by Crippen LogP contribution is -2.45. The molecule has 0 saturated heterocycles. The monoisotopic (exact) mass is 312 g/mol. The third-order valence-corrected chi connectivity index (χ3v) is 4.55. The second-order valence-corrected chi connectivity index (χ2v) is 7.39. The average Bonchev–Trinajstić information content (AvgIpc) is 2.37. The first-order chi connectivity index (χ1) is 9.73. The van der Waals surface area contributed by atoms with Gasteiger partial charge in [0.2, 0.25) is 10.0 Å². The summed E-state index contributed by atoms with van der Waals surface area (Å²) in [6.07, 6.45) is 1.42. The van der Waals surface area contributed by atoms with Crippen molar-refractivity contribution in [2.24, 2.45) is 0 Å². The predicted molar refractivity (Wildman–Crippen MR) is 82.1 cm³/mol. The van der Waals surface area contributed by atoms with Crippen molar-refractivity contribution in [2.45, 2.75) is 39.2 Å². The smallest absolute Gasteiger partial charge is 0.268 e. The number of rotatable bonds is 5. The summed E-state index contributed by atoms with van der Waals surface area (Å²) in [4.78, 5) is 11.8. The third-order valence-electron chi connectivity index (χ3n) is 3.18. The zero-order valence-electron chi connectivity index (χ0n) is 12.4. The fourth-order valence-electron chi connectivity index (χ4n) is 1.93. The summed E-state index contributed by atoms with van der Waals surface area (Å²) >= 11 is 0. The van der Waals surface area contributed by atoms with Crippen LogP contribution in [0.4, 0.5) is 11.4 Å². The van der Waals surface area contributed by atoms with E-state index in [0.717, 1.165) is 6.42 Å². The first-order valence-electron chi connectivity index (χ1n) is 6.88. The fourth-order valence-corrected chi connectivity index (χ4v) is 3.19. The van der Waals surface area contributed by atoms with Crippen LogP contribution >= 0.6 is 0 Å². The molecule has 0 radical (unpaired) electrons. The summed E-state index contributed by atoms with van der Waals surface area (Å²) < 4.78 is 31.9. The van der Waals surface area contributed by atoms with E-state index in [1.54, 1.807) is 32.0 Å². The maximum Gasteiger partial charge on any atom is 0.268 e. The van der Waals surface area contributed by atoms with Crippen molar-refractivity contribution in [2.75, 3.05) is 15.8 Å². The van der Waals surface area contributed by atoms with Crippen LogP contribution in [0.1, 0.15) is 33.6 Å². The highest BCUT2D eigenvalue weighted by molar-refractivity contribution is 7.92. The molecule has 1 aromatic rings. The first kappa shape index (κ1) is 15.6. The SMILES string of the molecule is CCCCS(=O)(=O)Nc1ccc2c(c1)OC(C)(C)C(=O)N2. The molecule has 1 amide bonds. The molecule has 1 aliphatic heterocycles. The topological polar surface area (TPSA) is 84.5 Å². The minimum absolute atomic E-state index is 0.0870. The average molecular weight is 312 g/mol. The van der Waals surface area contributed by atoms with E-state index in [9.17, 15) is 13.2 Å². The third kappa shape index (κ3) is 3.66. The summed E-state index contributed by atoms with van der Waals surface area (Å²) in [5.41, 5.74) is -0.0141. The number of carbonyl (C=O) groups excluding carboxylic acids is 1. The lowest BCUT2D eigenvalue weighted by Gasteiger charge is -2.31. The number of nitrogens with one attached hydrogen (secondary N) is 2. The number of anilines is 2. The minimum Gasteiger partial charge on any atom is -0.476 e. The summed E-state index contributed by atoms with van der Waals surface area (Å²) in [6.45, 7) is 5.25. The Hall–Kier alpha value is -1.76. The van der Waals surface area contributed by atoms with Crippen LogP contribution in [-0.2, 0) is 14.8 Å². The molecule has 1 aromatic carbocycles. The molecule has 2 N–H and O–H groups in total. The highest BCUT2D eigenvalue weighted by Gasteiger charge is 2.35. The maximum atomic E-state index is 11.9. The molecule has 0 aromatic heterocycles. The molecule has 0 saturated carbocycles. The van der Waals surface area contributed by atoms with E-state index in [0.29, 0.717) is 23.5 Å². The van der Waals surface area contributed by atoms with Gasteiger partial charge in [0, 0.05) is 6.07 Å². The van der Waals surface area contributed by atoms with Crippen LogP contribution in [0.15, 0.2) is 18.2 Å². The molecular formula is C14H20N2O4S. The van der Waals surface area contributed by atoms with Crippen LogP contribution in [0.3, 0.4) is 0 Å². The number of benzene rings is 1. The van der Waals surface area contributed by atoms with Crippen LogP contribution in [0.25, 0.3) is 0 Å². The van der Waals surface area contributed by atoms with Crippen molar-refractivity contribution in [3.8, 4) is 5.75 Å². The van der Waals surface area contributed by atoms with Crippen molar-refractivity contribution in [3.63, 3.8) is 0 Å². The molecule has 0 unspecified atom stereocenters. The number of unbranched alkanes of at least 4 members (excludes halogenated alkanes) is 1. The van der Waals surface area contributed by atoms with Gasteiger partial charge >= 0.3 is 0 Å². The van der Waals surface area contributed by atoms with Crippen molar-refractivity contribution < 1.29 is 17.9 Å². The molecule has 0 atom stereocenters. The Kier molecular flexibility index (Phi) is 4.13. The van der Waals surface area contributed by atoms with Crippen LogP contribution in [0, 0.1) is 0 Å². The molecule has 6 nitrogen and oxygen atoms in total. The number of sulfonamides is 1. The molecule has 1 heterocycles. The Morgan fingerprint density at radius 3 is 2.71 bits per heavy atom. The van der Waals surface area contributed by atoms with E-state index in [1.165, 1.54) is 0 Å². The number of fused-ring (bicyclic) bond motifs is 1. The Morgan fingerprint density at radius 2 is 2.05 bits per heavy atom. The lowest BCUT2D eigenvalue weighted by molar-refractivity contribution is -0.129. The second-order valence-electron chi connectivity index (χ2n) is 5.55. The van der Waals surface area contributed by atoms with E-state index < -0.39 is 15.6 Å². The Balaban J connectivity index is 2.21. The molecule has 2 rings (SSSR count). The zero-order valence-corrected chi connectivity index (χ0v) is 13.2. The summed E-state index contributed by atoms with van der Waals surface area (Å²) in [5, 5.41) is 2.73. The van der Waals surface area contributed by atoms with Gasteiger partial charge in [-0.15, -0.1) is 0 Å². The van der Waals surface area contributed by atoms with E-state index in [1.807, 2.05) is 6.92 Å². The van der Waals surface area contributed by atoms with Crippen molar-refractivity contribution >= 4 is 27.3 Å². The zero-order chi connectivity index (χ0) is 15.7. The van der Waals surface area contributed by atoms with Gasteiger partial charge in [0.15, 0.2) is 5.60 Å². The fraction of sp³-hybridized carbons (Fsp3) is 0.500. The molecule has 0 aliphatic carbocycles. The van der Waals surface area contributed by atoms with Gasteiger partial charge in [-0.25, -0.2) is 8.42 Å². The van der Waals surface area contributed by atoms with Crippen LogP contribution < -0.4 is 14.8 Å². The van der Waals surface area contributed by atoms with Crippen LogP contribution in [0.5, 0.6) is 5.75 Å². The van der Waals surface area contributed by atoms with E-state index in [2.05, 4.69) is 10.0 Å². The molecule has 7 heteroatoms. The number of ether oxygens (including phenoxy) is 1. The van der Waals surface area contributed by atoms with Gasteiger partial charge in [0.05, 0.1) is 17.1 Å². The van der Waals surface area contributed by atoms with Crippen molar-refractivity contribution in [1.82, 2.24) is 0 Å². The molecule has 0 fully saturated rings.